The Morgan fingerprint density at radius 2 is 1.77 bits per heavy atom. The van der Waals surface area contributed by atoms with Crippen molar-refractivity contribution >= 4 is 27.7 Å². The Bertz CT molecular complexity index is 783. The number of carbonyl (C=O) groups is 2. The van der Waals surface area contributed by atoms with E-state index in [0.29, 0.717) is 22.6 Å². The van der Waals surface area contributed by atoms with Crippen LogP contribution in [-0.2, 0) is 4.79 Å². The first kappa shape index (κ1) is 19.7. The van der Waals surface area contributed by atoms with E-state index in [4.69, 9.17) is 9.47 Å². The van der Waals surface area contributed by atoms with Gasteiger partial charge in [-0.3, -0.25) is 20.4 Å². The number of carbonyl (C=O) groups excluding carboxylic acids is 2. The largest absolute Gasteiger partial charge is 0.494 e. The summed E-state index contributed by atoms with van der Waals surface area (Å²) in [6, 6.07) is 10.7. The zero-order valence-corrected chi connectivity index (χ0v) is 15.8. The molecule has 0 aliphatic rings. The Kier molecular flexibility index (Phi) is 6.97. The molecule has 0 saturated carbocycles. The van der Waals surface area contributed by atoms with Crippen molar-refractivity contribution in [2.75, 3.05) is 6.61 Å². The van der Waals surface area contributed by atoms with Gasteiger partial charge in [0.15, 0.2) is 6.10 Å². The number of benzene rings is 2. The van der Waals surface area contributed by atoms with Crippen molar-refractivity contribution in [3.63, 3.8) is 0 Å². The Balaban J connectivity index is 1.88. The molecule has 0 aliphatic heterocycles. The van der Waals surface area contributed by atoms with Gasteiger partial charge in [0, 0.05) is 4.47 Å². The molecule has 2 amide bonds. The lowest BCUT2D eigenvalue weighted by Gasteiger charge is -2.15. The fraction of sp³-hybridized carbons (Fsp3) is 0.222. The molecule has 2 aromatic rings. The average Bonchev–Trinajstić information content (AvgIpc) is 2.63. The van der Waals surface area contributed by atoms with Crippen molar-refractivity contribution in [2.45, 2.75) is 20.0 Å². The van der Waals surface area contributed by atoms with Crippen LogP contribution in [0.25, 0.3) is 0 Å². The van der Waals surface area contributed by atoms with Gasteiger partial charge in [-0.15, -0.1) is 0 Å². The molecule has 1 unspecified atom stereocenters. The van der Waals surface area contributed by atoms with Gasteiger partial charge < -0.3 is 9.47 Å². The van der Waals surface area contributed by atoms with E-state index in [0.717, 1.165) is 6.07 Å². The highest BCUT2D eigenvalue weighted by Crippen LogP contribution is 2.18. The molecule has 0 saturated heterocycles. The fourth-order valence-corrected chi connectivity index (χ4v) is 2.36. The Labute approximate surface area is 158 Å². The van der Waals surface area contributed by atoms with Gasteiger partial charge in [-0.1, -0.05) is 15.9 Å². The van der Waals surface area contributed by atoms with Crippen LogP contribution in [0.5, 0.6) is 11.5 Å². The van der Waals surface area contributed by atoms with E-state index >= 15 is 0 Å². The maximum absolute atomic E-state index is 13.6. The zero-order chi connectivity index (χ0) is 19.1. The van der Waals surface area contributed by atoms with Crippen molar-refractivity contribution in [2.24, 2.45) is 0 Å². The van der Waals surface area contributed by atoms with Crippen LogP contribution in [-0.4, -0.2) is 24.5 Å². The molecule has 0 aliphatic carbocycles. The molecule has 0 heterocycles. The lowest BCUT2D eigenvalue weighted by Crippen LogP contribution is -2.47. The molecule has 6 nitrogen and oxygen atoms in total. The summed E-state index contributed by atoms with van der Waals surface area (Å²) in [7, 11) is 0. The molecule has 138 valence electrons. The van der Waals surface area contributed by atoms with Crippen LogP contribution in [0.2, 0.25) is 0 Å². The van der Waals surface area contributed by atoms with Crippen LogP contribution in [0.3, 0.4) is 0 Å². The summed E-state index contributed by atoms with van der Waals surface area (Å²) in [5.41, 5.74) is 4.17. The molecule has 2 aromatic carbocycles. The minimum Gasteiger partial charge on any atom is -0.494 e. The molecular weight excluding hydrogens is 407 g/mol. The summed E-state index contributed by atoms with van der Waals surface area (Å²) in [6.07, 6.45) is -0.874. The second kappa shape index (κ2) is 9.19. The smallest absolute Gasteiger partial charge is 0.279 e. The van der Waals surface area contributed by atoms with E-state index in [1.165, 1.54) is 19.1 Å². The molecule has 0 bridgehead atoms. The van der Waals surface area contributed by atoms with Gasteiger partial charge in [-0.2, -0.15) is 0 Å². The third-order valence-corrected chi connectivity index (χ3v) is 3.78. The second-order valence-electron chi connectivity index (χ2n) is 5.23. The van der Waals surface area contributed by atoms with Crippen molar-refractivity contribution in [3.8, 4) is 11.5 Å². The number of ether oxygens (including phenoxy) is 2. The molecule has 0 aromatic heterocycles. The lowest BCUT2D eigenvalue weighted by atomic mass is 10.2. The summed E-state index contributed by atoms with van der Waals surface area (Å²) in [5.74, 6) is -0.882. The Morgan fingerprint density at radius 1 is 1.12 bits per heavy atom. The van der Waals surface area contributed by atoms with E-state index in [1.807, 2.05) is 6.92 Å². The first-order valence-corrected chi connectivity index (χ1v) is 8.64. The maximum Gasteiger partial charge on any atom is 0.279 e. The highest BCUT2D eigenvalue weighted by Gasteiger charge is 2.17. The number of hydrogen-bond donors (Lipinski definition) is 2. The van der Waals surface area contributed by atoms with Gasteiger partial charge in [-0.25, -0.2) is 4.39 Å². The van der Waals surface area contributed by atoms with Gasteiger partial charge in [0.1, 0.15) is 17.3 Å². The van der Waals surface area contributed by atoms with E-state index in [-0.39, 0.29) is 5.56 Å². The molecule has 2 N–H and O–H groups in total. The first-order chi connectivity index (χ1) is 12.4. The maximum atomic E-state index is 13.6. The minimum absolute atomic E-state index is 0.195. The number of rotatable bonds is 6. The van der Waals surface area contributed by atoms with Crippen molar-refractivity contribution in [1.29, 1.82) is 0 Å². The predicted molar refractivity (Wildman–Crippen MR) is 97.4 cm³/mol. The van der Waals surface area contributed by atoms with E-state index in [9.17, 15) is 14.0 Å². The van der Waals surface area contributed by atoms with Gasteiger partial charge in [0.05, 0.1) is 12.2 Å². The van der Waals surface area contributed by atoms with Gasteiger partial charge in [0.2, 0.25) is 0 Å². The van der Waals surface area contributed by atoms with Gasteiger partial charge in [0.25, 0.3) is 11.8 Å². The Hall–Kier alpha value is -2.61. The normalized spacial score (nSPS) is 11.4. The molecule has 0 fully saturated rings. The highest BCUT2D eigenvalue weighted by atomic mass is 79.9. The summed E-state index contributed by atoms with van der Waals surface area (Å²) in [6.45, 7) is 3.96. The standard InChI is InChI=1S/C18H18BrFN2O4/c1-3-25-13-5-7-14(8-6-13)26-11(2)17(23)21-22-18(24)15-10-12(19)4-9-16(15)20/h4-11H,3H2,1-2H3,(H,21,23)(H,22,24). The van der Waals surface area contributed by atoms with Gasteiger partial charge in [-0.05, 0) is 56.3 Å². The van der Waals surface area contributed by atoms with Crippen LogP contribution in [0.1, 0.15) is 24.2 Å². The van der Waals surface area contributed by atoms with Crippen molar-refractivity contribution in [3.05, 3.63) is 58.3 Å². The molecule has 8 heteroatoms. The number of halogens is 2. The summed E-state index contributed by atoms with van der Waals surface area (Å²) in [5, 5.41) is 0. The molecule has 26 heavy (non-hydrogen) atoms. The quantitative estimate of drug-likeness (QED) is 0.697. The summed E-state index contributed by atoms with van der Waals surface area (Å²) < 4.78 is 25.0. The number of amides is 2. The van der Waals surface area contributed by atoms with Crippen LogP contribution in [0.4, 0.5) is 4.39 Å². The third kappa shape index (κ3) is 5.45. The first-order valence-electron chi connectivity index (χ1n) is 7.85. The van der Waals surface area contributed by atoms with E-state index < -0.39 is 23.7 Å². The second-order valence-corrected chi connectivity index (χ2v) is 6.15. The molecule has 0 spiro atoms. The van der Waals surface area contributed by atoms with E-state index in [2.05, 4.69) is 26.8 Å². The average molecular weight is 425 g/mol. The lowest BCUT2D eigenvalue weighted by molar-refractivity contribution is -0.128. The van der Waals surface area contributed by atoms with Crippen LogP contribution in [0.15, 0.2) is 46.9 Å². The minimum atomic E-state index is -0.874. The molecular formula is C18H18BrFN2O4. The number of nitrogens with one attached hydrogen (secondary N) is 2. The monoisotopic (exact) mass is 424 g/mol. The SMILES string of the molecule is CCOc1ccc(OC(C)C(=O)NNC(=O)c2cc(Br)ccc2F)cc1. The fourth-order valence-electron chi connectivity index (χ4n) is 2.00. The van der Waals surface area contributed by atoms with E-state index in [1.54, 1.807) is 24.3 Å². The molecule has 2 rings (SSSR count). The van der Waals surface area contributed by atoms with Crippen LogP contribution < -0.4 is 20.3 Å². The van der Waals surface area contributed by atoms with Crippen molar-refractivity contribution < 1.29 is 23.5 Å². The number of hydrazine groups is 1. The summed E-state index contributed by atoms with van der Waals surface area (Å²) >= 11 is 3.16. The topological polar surface area (TPSA) is 76.7 Å². The zero-order valence-electron chi connectivity index (χ0n) is 14.2. The highest BCUT2D eigenvalue weighted by molar-refractivity contribution is 9.10. The summed E-state index contributed by atoms with van der Waals surface area (Å²) in [4.78, 5) is 24.0. The third-order valence-electron chi connectivity index (χ3n) is 3.29. The van der Waals surface area contributed by atoms with Crippen molar-refractivity contribution in [1.82, 2.24) is 10.9 Å². The van der Waals surface area contributed by atoms with Crippen LogP contribution in [0, 0.1) is 5.82 Å². The number of hydrogen-bond acceptors (Lipinski definition) is 4. The predicted octanol–water partition coefficient (Wildman–Crippen LogP) is 3.22. The molecule has 0 radical (unpaired) electrons. The van der Waals surface area contributed by atoms with Gasteiger partial charge >= 0.3 is 0 Å². The molecule has 1 atom stereocenters. The Morgan fingerprint density at radius 3 is 2.42 bits per heavy atom. The van der Waals surface area contributed by atoms with Crippen LogP contribution >= 0.6 is 15.9 Å².